The Morgan fingerprint density at radius 3 is 2.60 bits per heavy atom. The average molecular weight is 221 g/mol. The summed E-state index contributed by atoms with van der Waals surface area (Å²) in [5.41, 5.74) is 0.448. The van der Waals surface area contributed by atoms with E-state index in [0.717, 1.165) is 6.33 Å². The zero-order valence-corrected chi connectivity index (χ0v) is 8.22. The Balaban J connectivity index is 2.78. The molecule has 0 spiro atoms. The molecule has 1 N–H and O–H groups in total. The molecule has 0 fully saturated rings. The van der Waals surface area contributed by atoms with E-state index in [-0.39, 0.29) is 5.88 Å². The molecule has 7 heteroatoms. The fourth-order valence-corrected chi connectivity index (χ4v) is 0.982. The number of anilines is 1. The zero-order valence-electron chi connectivity index (χ0n) is 8.22. The monoisotopic (exact) mass is 221 g/mol. The van der Waals surface area contributed by atoms with E-state index in [1.165, 1.54) is 0 Å². The SMILES string of the molecule is CNc1ncnc(OCC(F)(F)F)c1C. The molecular weight excluding hydrogens is 211 g/mol. The fourth-order valence-electron chi connectivity index (χ4n) is 0.982. The van der Waals surface area contributed by atoms with Crippen LogP contribution < -0.4 is 10.1 Å². The first kappa shape index (κ1) is 11.5. The number of alkyl halides is 3. The van der Waals surface area contributed by atoms with Crippen LogP contribution in [0.4, 0.5) is 19.0 Å². The number of hydrogen-bond acceptors (Lipinski definition) is 4. The molecule has 0 aromatic carbocycles. The minimum Gasteiger partial charge on any atom is -0.468 e. The minimum absolute atomic E-state index is 0.0633. The van der Waals surface area contributed by atoms with Gasteiger partial charge in [-0.05, 0) is 6.92 Å². The van der Waals surface area contributed by atoms with Crippen LogP contribution in [-0.2, 0) is 0 Å². The number of rotatable bonds is 3. The van der Waals surface area contributed by atoms with Gasteiger partial charge < -0.3 is 10.1 Å². The average Bonchev–Trinajstić information content (AvgIpc) is 2.15. The summed E-state index contributed by atoms with van der Waals surface area (Å²) in [6.45, 7) is 0.228. The van der Waals surface area contributed by atoms with Crippen molar-refractivity contribution in [3.63, 3.8) is 0 Å². The van der Waals surface area contributed by atoms with Gasteiger partial charge in [0.15, 0.2) is 6.61 Å². The van der Waals surface area contributed by atoms with Crippen molar-refractivity contribution in [1.29, 1.82) is 0 Å². The van der Waals surface area contributed by atoms with E-state index < -0.39 is 12.8 Å². The third-order valence-electron chi connectivity index (χ3n) is 1.65. The standard InChI is InChI=1S/C8H10F3N3O/c1-5-6(12-2)13-4-14-7(5)15-3-8(9,10)11/h4H,3H2,1-2H3,(H,12,13,14). The molecule has 15 heavy (non-hydrogen) atoms. The minimum atomic E-state index is -4.36. The lowest BCUT2D eigenvalue weighted by Gasteiger charge is -2.11. The van der Waals surface area contributed by atoms with Gasteiger partial charge in [0.2, 0.25) is 5.88 Å². The van der Waals surface area contributed by atoms with Crippen LogP contribution in [0.3, 0.4) is 0 Å². The molecule has 1 heterocycles. The lowest BCUT2D eigenvalue weighted by atomic mass is 10.3. The Bertz CT molecular complexity index is 340. The molecule has 0 saturated carbocycles. The Kier molecular flexibility index (Phi) is 3.33. The van der Waals surface area contributed by atoms with Crippen LogP contribution in [0.15, 0.2) is 6.33 Å². The van der Waals surface area contributed by atoms with Crippen LogP contribution in [-0.4, -0.2) is 29.8 Å². The highest BCUT2D eigenvalue weighted by atomic mass is 19.4. The Labute approximate surface area is 84.5 Å². The van der Waals surface area contributed by atoms with Gasteiger partial charge in [-0.3, -0.25) is 0 Å². The number of nitrogens with zero attached hydrogens (tertiary/aromatic N) is 2. The summed E-state index contributed by atoms with van der Waals surface area (Å²) in [6, 6.07) is 0. The van der Waals surface area contributed by atoms with Crippen LogP contribution in [0.1, 0.15) is 5.56 Å². The van der Waals surface area contributed by atoms with Gasteiger partial charge in [0, 0.05) is 7.05 Å². The molecule has 0 amide bonds. The first-order chi connectivity index (χ1) is 6.94. The van der Waals surface area contributed by atoms with Crippen molar-refractivity contribution in [3.05, 3.63) is 11.9 Å². The van der Waals surface area contributed by atoms with Gasteiger partial charge >= 0.3 is 6.18 Å². The summed E-state index contributed by atoms with van der Waals surface area (Å²) < 4.78 is 40.1. The number of halogens is 3. The van der Waals surface area contributed by atoms with Crippen molar-refractivity contribution < 1.29 is 17.9 Å². The second kappa shape index (κ2) is 4.33. The van der Waals surface area contributed by atoms with Crippen LogP contribution in [0.25, 0.3) is 0 Å². The maximum atomic E-state index is 11.9. The van der Waals surface area contributed by atoms with Crippen molar-refractivity contribution in [2.75, 3.05) is 19.0 Å². The van der Waals surface area contributed by atoms with Gasteiger partial charge in [-0.15, -0.1) is 0 Å². The van der Waals surface area contributed by atoms with E-state index in [4.69, 9.17) is 0 Å². The van der Waals surface area contributed by atoms with E-state index in [2.05, 4.69) is 20.0 Å². The molecule has 0 unspecified atom stereocenters. The van der Waals surface area contributed by atoms with Crippen molar-refractivity contribution >= 4 is 5.82 Å². The van der Waals surface area contributed by atoms with Crippen LogP contribution in [0.2, 0.25) is 0 Å². The number of hydrogen-bond donors (Lipinski definition) is 1. The second-order valence-corrected chi connectivity index (χ2v) is 2.81. The van der Waals surface area contributed by atoms with Crippen LogP contribution in [0.5, 0.6) is 5.88 Å². The van der Waals surface area contributed by atoms with E-state index in [1.54, 1.807) is 14.0 Å². The Hall–Kier alpha value is -1.53. The third-order valence-corrected chi connectivity index (χ3v) is 1.65. The fraction of sp³-hybridized carbons (Fsp3) is 0.500. The van der Waals surface area contributed by atoms with Crippen molar-refractivity contribution in [1.82, 2.24) is 9.97 Å². The number of nitrogens with one attached hydrogen (secondary N) is 1. The largest absolute Gasteiger partial charge is 0.468 e. The molecule has 4 nitrogen and oxygen atoms in total. The molecule has 84 valence electrons. The second-order valence-electron chi connectivity index (χ2n) is 2.81. The van der Waals surface area contributed by atoms with Crippen molar-refractivity contribution in [2.24, 2.45) is 0 Å². The van der Waals surface area contributed by atoms with Crippen LogP contribution >= 0.6 is 0 Å². The van der Waals surface area contributed by atoms with Gasteiger partial charge in [0.1, 0.15) is 12.1 Å². The maximum absolute atomic E-state index is 11.9. The lowest BCUT2D eigenvalue weighted by molar-refractivity contribution is -0.154. The van der Waals surface area contributed by atoms with Gasteiger partial charge in [-0.25, -0.2) is 9.97 Å². The molecular formula is C8H10F3N3O. The van der Waals surface area contributed by atoms with Gasteiger partial charge in [-0.2, -0.15) is 13.2 Å². The van der Waals surface area contributed by atoms with Crippen molar-refractivity contribution in [3.8, 4) is 5.88 Å². The smallest absolute Gasteiger partial charge is 0.422 e. The maximum Gasteiger partial charge on any atom is 0.422 e. The van der Waals surface area contributed by atoms with Gasteiger partial charge in [-0.1, -0.05) is 0 Å². The third kappa shape index (κ3) is 3.26. The summed E-state index contributed by atoms with van der Waals surface area (Å²) in [5.74, 6) is 0.383. The zero-order chi connectivity index (χ0) is 11.5. The molecule has 0 aliphatic rings. The first-order valence-electron chi connectivity index (χ1n) is 4.13. The Morgan fingerprint density at radius 1 is 1.40 bits per heavy atom. The normalized spacial score (nSPS) is 11.3. The summed E-state index contributed by atoms with van der Waals surface area (Å²) in [4.78, 5) is 7.43. The van der Waals surface area contributed by atoms with E-state index in [0.29, 0.717) is 11.4 Å². The van der Waals surface area contributed by atoms with E-state index in [9.17, 15) is 13.2 Å². The molecule has 1 aromatic rings. The summed E-state index contributed by atoms with van der Waals surface area (Å²) in [6.07, 6.45) is -3.22. The topological polar surface area (TPSA) is 47.0 Å². The van der Waals surface area contributed by atoms with Crippen LogP contribution in [0, 0.1) is 6.92 Å². The highest BCUT2D eigenvalue weighted by Gasteiger charge is 2.29. The quantitative estimate of drug-likeness (QED) is 0.844. The number of ether oxygens (including phenoxy) is 1. The van der Waals surface area contributed by atoms with Crippen molar-refractivity contribution in [2.45, 2.75) is 13.1 Å². The molecule has 0 radical (unpaired) electrons. The van der Waals surface area contributed by atoms with E-state index in [1.807, 2.05) is 0 Å². The Morgan fingerprint density at radius 2 is 2.07 bits per heavy atom. The lowest BCUT2D eigenvalue weighted by Crippen LogP contribution is -2.20. The summed E-state index contributed by atoms with van der Waals surface area (Å²) in [5, 5.41) is 2.72. The predicted molar refractivity (Wildman–Crippen MR) is 47.9 cm³/mol. The van der Waals surface area contributed by atoms with E-state index >= 15 is 0 Å². The molecule has 0 saturated heterocycles. The molecule has 0 aliphatic carbocycles. The highest BCUT2D eigenvalue weighted by molar-refractivity contribution is 5.46. The molecule has 0 atom stereocenters. The number of aromatic nitrogens is 2. The highest BCUT2D eigenvalue weighted by Crippen LogP contribution is 2.22. The van der Waals surface area contributed by atoms with Gasteiger partial charge in [0.25, 0.3) is 0 Å². The molecule has 1 rings (SSSR count). The molecule has 0 aliphatic heterocycles. The van der Waals surface area contributed by atoms with Gasteiger partial charge in [0.05, 0.1) is 5.56 Å². The molecule has 0 bridgehead atoms. The summed E-state index contributed by atoms with van der Waals surface area (Å²) >= 11 is 0. The molecule has 1 aromatic heterocycles. The predicted octanol–water partition coefficient (Wildman–Crippen LogP) is 1.77. The first-order valence-corrected chi connectivity index (χ1v) is 4.13. The summed E-state index contributed by atoms with van der Waals surface area (Å²) in [7, 11) is 1.61.